The van der Waals surface area contributed by atoms with Crippen LogP contribution in [0.2, 0.25) is 0 Å². The molecule has 0 fully saturated rings. The van der Waals surface area contributed by atoms with Crippen LogP contribution >= 0.6 is 0 Å². The molecule has 0 bridgehead atoms. The maximum absolute atomic E-state index is 10.2. The molecule has 0 atom stereocenters. The van der Waals surface area contributed by atoms with Gasteiger partial charge in [-0.25, -0.2) is 9.59 Å². The molecule has 62 valence electrons. The Morgan fingerprint density at radius 3 is 1.58 bits per heavy atom. The Balaban J connectivity index is 0.00000121. The molecule has 12 heavy (non-hydrogen) atoms. The molecule has 5 nitrogen and oxygen atoms in total. The van der Waals surface area contributed by atoms with Crippen molar-refractivity contribution < 1.29 is 24.2 Å². The SMILES string of the molecule is O=C(O)c1ccc(C(=O)O)o1.[CaH2]. The third kappa shape index (κ3) is 2.51. The van der Waals surface area contributed by atoms with Gasteiger partial charge in [0.25, 0.3) is 0 Å². The third-order valence-electron chi connectivity index (χ3n) is 1.03. The predicted octanol–water partition coefficient (Wildman–Crippen LogP) is -0.240. The van der Waals surface area contributed by atoms with E-state index in [0.29, 0.717) is 0 Å². The minimum absolute atomic E-state index is 0. The molecular formula is C6H6CaO5. The van der Waals surface area contributed by atoms with Gasteiger partial charge in [0.05, 0.1) is 0 Å². The summed E-state index contributed by atoms with van der Waals surface area (Å²) in [5.41, 5.74) is 0. The first-order valence-electron chi connectivity index (χ1n) is 2.67. The summed E-state index contributed by atoms with van der Waals surface area (Å²) in [5.74, 6) is -3.31. The van der Waals surface area contributed by atoms with E-state index < -0.39 is 11.9 Å². The Morgan fingerprint density at radius 1 is 1.08 bits per heavy atom. The first-order chi connectivity index (χ1) is 5.11. The molecule has 0 aliphatic carbocycles. The van der Waals surface area contributed by atoms with E-state index in [2.05, 4.69) is 4.42 Å². The summed E-state index contributed by atoms with van der Waals surface area (Å²) in [6.45, 7) is 0. The standard InChI is InChI=1S/C6H4O5.Ca.2H/c7-5(8)3-1-2-4(11-3)6(9)10;;;/h1-2H,(H,7,8)(H,9,10);;;. The second kappa shape index (κ2) is 4.49. The minimum atomic E-state index is -1.28. The normalized spacial score (nSPS) is 8.67. The number of rotatable bonds is 2. The van der Waals surface area contributed by atoms with Gasteiger partial charge in [-0.1, -0.05) is 0 Å². The molecule has 0 radical (unpaired) electrons. The summed E-state index contributed by atoms with van der Waals surface area (Å²) < 4.78 is 4.41. The second-order valence-corrected chi connectivity index (χ2v) is 1.77. The molecule has 0 unspecified atom stereocenters. The number of aromatic carboxylic acids is 2. The number of hydrogen-bond acceptors (Lipinski definition) is 3. The molecule has 1 aromatic rings. The zero-order valence-corrected chi connectivity index (χ0v) is 5.27. The van der Waals surface area contributed by atoms with Crippen molar-refractivity contribution in [1.82, 2.24) is 0 Å². The summed E-state index contributed by atoms with van der Waals surface area (Å²) in [6, 6.07) is 2.18. The van der Waals surface area contributed by atoms with Gasteiger partial charge in [0.1, 0.15) is 0 Å². The van der Waals surface area contributed by atoms with Crippen molar-refractivity contribution in [3.8, 4) is 0 Å². The van der Waals surface area contributed by atoms with E-state index in [4.69, 9.17) is 10.2 Å². The van der Waals surface area contributed by atoms with Crippen molar-refractivity contribution in [3.63, 3.8) is 0 Å². The van der Waals surface area contributed by atoms with E-state index in [1.54, 1.807) is 0 Å². The summed E-state index contributed by atoms with van der Waals surface area (Å²) in [7, 11) is 0. The van der Waals surface area contributed by atoms with Crippen LogP contribution in [0.5, 0.6) is 0 Å². The van der Waals surface area contributed by atoms with Gasteiger partial charge >= 0.3 is 49.7 Å². The molecule has 0 spiro atoms. The van der Waals surface area contributed by atoms with Crippen LogP contribution in [0.1, 0.15) is 21.1 Å². The Bertz CT molecular complexity index is 274. The van der Waals surface area contributed by atoms with Crippen molar-refractivity contribution in [1.29, 1.82) is 0 Å². The van der Waals surface area contributed by atoms with E-state index in [1.807, 2.05) is 0 Å². The molecular weight excluding hydrogens is 192 g/mol. The van der Waals surface area contributed by atoms with E-state index in [-0.39, 0.29) is 49.3 Å². The topological polar surface area (TPSA) is 87.7 Å². The zero-order chi connectivity index (χ0) is 8.43. The van der Waals surface area contributed by atoms with Crippen molar-refractivity contribution in [2.45, 2.75) is 0 Å². The van der Waals surface area contributed by atoms with Crippen LogP contribution in [0.15, 0.2) is 16.5 Å². The quantitative estimate of drug-likeness (QED) is 0.640. The predicted molar refractivity (Wildman–Crippen MR) is 41.2 cm³/mol. The molecule has 0 saturated heterocycles. The molecule has 0 aliphatic heterocycles. The fourth-order valence-corrected chi connectivity index (χ4v) is 0.568. The number of furan rings is 1. The van der Waals surface area contributed by atoms with Gasteiger partial charge in [-0.15, -0.1) is 0 Å². The average Bonchev–Trinajstić information content (AvgIpc) is 2.33. The molecule has 2 N–H and O–H groups in total. The Morgan fingerprint density at radius 2 is 1.42 bits per heavy atom. The first kappa shape index (κ1) is 11.5. The summed E-state index contributed by atoms with van der Waals surface area (Å²) >= 11 is 0. The number of carboxylic acid groups (broad SMARTS) is 2. The second-order valence-electron chi connectivity index (χ2n) is 1.77. The van der Waals surface area contributed by atoms with Gasteiger partial charge in [0, 0.05) is 0 Å². The number of carboxylic acids is 2. The molecule has 0 aromatic carbocycles. The summed E-state index contributed by atoms with van der Waals surface area (Å²) in [4.78, 5) is 20.3. The fourth-order valence-electron chi connectivity index (χ4n) is 0.568. The average molecular weight is 198 g/mol. The van der Waals surface area contributed by atoms with Crippen molar-refractivity contribution >= 4 is 49.7 Å². The van der Waals surface area contributed by atoms with E-state index in [0.717, 1.165) is 12.1 Å². The van der Waals surface area contributed by atoms with Crippen LogP contribution in [0, 0.1) is 0 Å². The van der Waals surface area contributed by atoms with Gasteiger partial charge in [-0.3, -0.25) is 0 Å². The van der Waals surface area contributed by atoms with Crippen LogP contribution < -0.4 is 0 Å². The monoisotopic (exact) mass is 198 g/mol. The van der Waals surface area contributed by atoms with Gasteiger partial charge in [0.15, 0.2) is 0 Å². The van der Waals surface area contributed by atoms with Crippen LogP contribution in [0.25, 0.3) is 0 Å². The molecule has 0 aliphatic rings. The molecule has 1 heterocycles. The molecule has 1 rings (SSSR count). The van der Waals surface area contributed by atoms with Crippen molar-refractivity contribution in [3.05, 3.63) is 23.7 Å². The van der Waals surface area contributed by atoms with Crippen LogP contribution in [0.4, 0.5) is 0 Å². The van der Waals surface area contributed by atoms with E-state index in [9.17, 15) is 9.59 Å². The Hall–Kier alpha value is -0.520. The fraction of sp³-hybridized carbons (Fsp3) is 0. The molecule has 6 heteroatoms. The van der Waals surface area contributed by atoms with Gasteiger partial charge in [-0.05, 0) is 12.1 Å². The first-order valence-corrected chi connectivity index (χ1v) is 2.67. The van der Waals surface area contributed by atoms with Gasteiger partial charge in [-0.2, -0.15) is 0 Å². The van der Waals surface area contributed by atoms with Gasteiger partial charge < -0.3 is 14.6 Å². The Kier molecular flexibility index (Phi) is 4.30. The van der Waals surface area contributed by atoms with Crippen molar-refractivity contribution in [2.24, 2.45) is 0 Å². The van der Waals surface area contributed by atoms with Crippen LogP contribution in [-0.2, 0) is 0 Å². The maximum atomic E-state index is 10.2. The Labute approximate surface area is 97.0 Å². The summed E-state index contributed by atoms with van der Waals surface area (Å²) in [5, 5.41) is 16.6. The van der Waals surface area contributed by atoms with E-state index >= 15 is 0 Å². The zero-order valence-electron chi connectivity index (χ0n) is 5.27. The molecule has 0 amide bonds. The number of carbonyl (C=O) groups is 2. The van der Waals surface area contributed by atoms with Crippen molar-refractivity contribution in [2.75, 3.05) is 0 Å². The van der Waals surface area contributed by atoms with E-state index in [1.165, 1.54) is 0 Å². The third-order valence-corrected chi connectivity index (χ3v) is 1.03. The molecule has 0 saturated carbocycles. The number of hydrogen-bond donors (Lipinski definition) is 2. The molecule has 1 aromatic heterocycles. The summed E-state index contributed by atoms with van der Waals surface area (Å²) in [6.07, 6.45) is 0. The van der Waals surface area contributed by atoms with Crippen LogP contribution in [0.3, 0.4) is 0 Å². The van der Waals surface area contributed by atoms with Crippen LogP contribution in [-0.4, -0.2) is 59.9 Å². The van der Waals surface area contributed by atoms with Gasteiger partial charge in [0.2, 0.25) is 11.5 Å².